The van der Waals surface area contributed by atoms with Crippen LogP contribution in [-0.2, 0) is 16.0 Å². The first kappa shape index (κ1) is 12.9. The number of nitrogens with one attached hydrogen (secondary N) is 2. The molecule has 7 nitrogen and oxygen atoms in total. The lowest BCUT2D eigenvalue weighted by atomic mass is 10.1. The minimum atomic E-state index is -0.627. The number of methoxy groups -OCH3 is 1. The van der Waals surface area contributed by atoms with Crippen LogP contribution in [0.3, 0.4) is 0 Å². The predicted octanol–water partition coefficient (Wildman–Crippen LogP) is -0.179. The fourth-order valence-electron chi connectivity index (χ4n) is 1.74. The van der Waals surface area contributed by atoms with Crippen LogP contribution in [0.5, 0.6) is 5.75 Å². The van der Waals surface area contributed by atoms with E-state index in [4.69, 9.17) is 4.74 Å². The number of rotatable bonds is 4. The highest BCUT2D eigenvalue weighted by Gasteiger charge is 2.28. The number of imide groups is 1. The van der Waals surface area contributed by atoms with Gasteiger partial charge in [-0.25, -0.2) is 9.80 Å². The van der Waals surface area contributed by atoms with Crippen LogP contribution in [0.2, 0.25) is 0 Å². The summed E-state index contributed by atoms with van der Waals surface area (Å²) in [5.41, 5.74) is 3.07. The molecule has 1 saturated heterocycles. The van der Waals surface area contributed by atoms with E-state index >= 15 is 0 Å². The molecule has 1 aliphatic heterocycles. The number of amides is 4. The van der Waals surface area contributed by atoms with Gasteiger partial charge in [-0.3, -0.25) is 20.3 Å². The molecule has 0 bridgehead atoms. The maximum Gasteiger partial charge on any atom is 0.343 e. The second-order valence-electron chi connectivity index (χ2n) is 3.96. The van der Waals surface area contributed by atoms with Crippen LogP contribution in [0.15, 0.2) is 24.3 Å². The summed E-state index contributed by atoms with van der Waals surface area (Å²) in [6.07, 6.45) is 0.0575. The molecule has 0 spiro atoms. The topological polar surface area (TPSA) is 87.7 Å². The highest BCUT2D eigenvalue weighted by atomic mass is 16.5. The van der Waals surface area contributed by atoms with Crippen molar-refractivity contribution in [1.82, 2.24) is 15.8 Å². The molecule has 1 aliphatic rings. The van der Waals surface area contributed by atoms with Crippen LogP contribution in [0.1, 0.15) is 5.56 Å². The highest BCUT2D eigenvalue weighted by molar-refractivity contribution is 6.02. The minimum absolute atomic E-state index is 0.0575. The second kappa shape index (κ2) is 5.38. The van der Waals surface area contributed by atoms with Crippen molar-refractivity contribution in [2.24, 2.45) is 0 Å². The molecule has 0 saturated carbocycles. The molecule has 0 atom stereocenters. The lowest BCUT2D eigenvalue weighted by Crippen LogP contribution is -2.44. The van der Waals surface area contributed by atoms with E-state index in [1.807, 2.05) is 0 Å². The number of carbonyl (C=O) groups is 3. The maximum absolute atomic E-state index is 11.8. The Morgan fingerprint density at radius 1 is 1.42 bits per heavy atom. The number of urea groups is 1. The van der Waals surface area contributed by atoms with E-state index in [2.05, 4.69) is 10.7 Å². The van der Waals surface area contributed by atoms with Gasteiger partial charge in [0.05, 0.1) is 13.5 Å². The van der Waals surface area contributed by atoms with Gasteiger partial charge < -0.3 is 4.74 Å². The maximum atomic E-state index is 11.8. The molecule has 7 heteroatoms. The summed E-state index contributed by atoms with van der Waals surface area (Å²) in [5, 5.41) is 3.01. The molecular formula is C12H13N3O4. The number of hydrogen-bond donors (Lipinski definition) is 2. The average Bonchev–Trinajstić information content (AvgIpc) is 2.68. The Hall–Kier alpha value is -2.57. The average molecular weight is 263 g/mol. The third-order valence-electron chi connectivity index (χ3n) is 2.60. The first-order valence-corrected chi connectivity index (χ1v) is 5.63. The number of benzene rings is 1. The summed E-state index contributed by atoms with van der Waals surface area (Å²) in [6, 6.07) is 6.46. The van der Waals surface area contributed by atoms with E-state index in [0.29, 0.717) is 11.3 Å². The fraction of sp³-hybridized carbons (Fsp3) is 0.250. The molecule has 1 aromatic carbocycles. The van der Waals surface area contributed by atoms with Gasteiger partial charge in [-0.15, -0.1) is 0 Å². The normalized spacial score (nSPS) is 14.3. The zero-order chi connectivity index (χ0) is 13.8. The minimum Gasteiger partial charge on any atom is -0.496 e. The molecule has 19 heavy (non-hydrogen) atoms. The van der Waals surface area contributed by atoms with E-state index in [1.54, 1.807) is 24.3 Å². The van der Waals surface area contributed by atoms with Crippen LogP contribution in [0.25, 0.3) is 0 Å². The summed E-state index contributed by atoms with van der Waals surface area (Å²) in [6.45, 7) is -0.170. The van der Waals surface area contributed by atoms with Gasteiger partial charge in [0.1, 0.15) is 12.3 Å². The molecule has 1 heterocycles. The van der Waals surface area contributed by atoms with Crippen molar-refractivity contribution in [2.45, 2.75) is 6.42 Å². The van der Waals surface area contributed by atoms with Crippen LogP contribution in [-0.4, -0.2) is 36.5 Å². The SMILES string of the molecule is COc1ccccc1CC(=O)NN1CC(=O)NC1=O. The van der Waals surface area contributed by atoms with Crippen LogP contribution >= 0.6 is 0 Å². The van der Waals surface area contributed by atoms with Gasteiger partial charge in [-0.1, -0.05) is 18.2 Å². The van der Waals surface area contributed by atoms with Gasteiger partial charge in [0, 0.05) is 5.56 Å². The summed E-state index contributed by atoms with van der Waals surface area (Å²) in [4.78, 5) is 34.0. The molecule has 2 rings (SSSR count). The first-order valence-electron chi connectivity index (χ1n) is 5.63. The van der Waals surface area contributed by atoms with Crippen molar-refractivity contribution in [3.05, 3.63) is 29.8 Å². The summed E-state index contributed by atoms with van der Waals surface area (Å²) in [7, 11) is 1.52. The number of para-hydroxylation sites is 1. The lowest BCUT2D eigenvalue weighted by molar-refractivity contribution is -0.124. The van der Waals surface area contributed by atoms with Gasteiger partial charge >= 0.3 is 6.03 Å². The monoisotopic (exact) mass is 263 g/mol. The largest absolute Gasteiger partial charge is 0.496 e. The molecule has 0 aromatic heterocycles. The smallest absolute Gasteiger partial charge is 0.343 e. The molecule has 4 amide bonds. The predicted molar refractivity (Wildman–Crippen MR) is 65.1 cm³/mol. The summed E-state index contributed by atoms with van der Waals surface area (Å²) in [5.74, 6) is -0.239. The Kier molecular flexibility index (Phi) is 3.65. The molecular weight excluding hydrogens is 250 g/mol. The Morgan fingerprint density at radius 3 is 2.79 bits per heavy atom. The number of ether oxygens (including phenoxy) is 1. The standard InChI is InChI=1S/C12H13N3O4/c1-19-9-5-3-2-4-8(9)6-10(16)14-15-7-11(17)13-12(15)18/h2-5H,6-7H2,1H3,(H,14,16)(H,13,17,18). The molecule has 1 fully saturated rings. The Balaban J connectivity index is 1.98. The first-order chi connectivity index (χ1) is 9.10. The summed E-state index contributed by atoms with van der Waals surface area (Å²) >= 11 is 0. The van der Waals surface area contributed by atoms with E-state index in [1.165, 1.54) is 7.11 Å². The number of hydrogen-bond acceptors (Lipinski definition) is 4. The number of nitrogens with zero attached hydrogens (tertiary/aromatic N) is 1. The van der Waals surface area contributed by atoms with Crippen molar-refractivity contribution in [2.75, 3.05) is 13.7 Å². The van der Waals surface area contributed by atoms with Crippen molar-refractivity contribution in [3.63, 3.8) is 0 Å². The lowest BCUT2D eigenvalue weighted by Gasteiger charge is -2.15. The Labute approximate surface area is 109 Å². The van der Waals surface area contributed by atoms with Crippen molar-refractivity contribution >= 4 is 17.8 Å². The van der Waals surface area contributed by atoms with Crippen LogP contribution < -0.4 is 15.5 Å². The van der Waals surface area contributed by atoms with Gasteiger partial charge in [0.2, 0.25) is 11.8 Å². The van der Waals surface area contributed by atoms with Gasteiger partial charge in [-0.2, -0.15) is 0 Å². The molecule has 0 aliphatic carbocycles. The van der Waals surface area contributed by atoms with Crippen molar-refractivity contribution in [1.29, 1.82) is 0 Å². The molecule has 2 N–H and O–H groups in total. The second-order valence-corrected chi connectivity index (χ2v) is 3.96. The van der Waals surface area contributed by atoms with E-state index in [-0.39, 0.29) is 13.0 Å². The quantitative estimate of drug-likeness (QED) is 0.738. The van der Waals surface area contributed by atoms with Crippen molar-refractivity contribution in [3.8, 4) is 5.75 Å². The third-order valence-corrected chi connectivity index (χ3v) is 2.60. The highest BCUT2D eigenvalue weighted by Crippen LogP contribution is 2.17. The molecule has 0 radical (unpaired) electrons. The van der Waals surface area contributed by atoms with Gasteiger partial charge in [-0.05, 0) is 6.07 Å². The van der Waals surface area contributed by atoms with Crippen LogP contribution in [0.4, 0.5) is 4.79 Å². The number of hydrazine groups is 1. The third kappa shape index (κ3) is 3.01. The van der Waals surface area contributed by atoms with Crippen molar-refractivity contribution < 1.29 is 19.1 Å². The zero-order valence-corrected chi connectivity index (χ0v) is 10.3. The molecule has 100 valence electrons. The van der Waals surface area contributed by atoms with E-state index in [9.17, 15) is 14.4 Å². The van der Waals surface area contributed by atoms with E-state index in [0.717, 1.165) is 5.01 Å². The Bertz CT molecular complexity index is 529. The summed E-state index contributed by atoms with van der Waals surface area (Å²) < 4.78 is 5.13. The van der Waals surface area contributed by atoms with Gasteiger partial charge in [0.15, 0.2) is 0 Å². The van der Waals surface area contributed by atoms with E-state index < -0.39 is 17.8 Å². The van der Waals surface area contributed by atoms with Crippen LogP contribution in [0, 0.1) is 0 Å². The number of carbonyl (C=O) groups excluding carboxylic acids is 3. The zero-order valence-electron chi connectivity index (χ0n) is 10.3. The van der Waals surface area contributed by atoms with Gasteiger partial charge in [0.25, 0.3) is 0 Å². The molecule has 1 aromatic rings. The molecule has 0 unspecified atom stereocenters. The fourth-order valence-corrected chi connectivity index (χ4v) is 1.74. The Morgan fingerprint density at radius 2 is 2.16 bits per heavy atom.